The molecule has 24 heavy (non-hydrogen) atoms. The number of thiocarbonyl (C=S) groups is 1. The fourth-order valence-electron chi connectivity index (χ4n) is 2.94. The van der Waals surface area contributed by atoms with Crippen LogP contribution in [-0.2, 0) is 9.59 Å². The first-order chi connectivity index (χ1) is 11.4. The second-order valence-electron chi connectivity index (χ2n) is 6.04. The Bertz CT molecular complexity index is 769. The quantitative estimate of drug-likeness (QED) is 0.505. The number of hydrogen-bond donors (Lipinski definition) is 1. The number of nitrogens with zero attached hydrogens (tertiary/aromatic N) is 2. The van der Waals surface area contributed by atoms with Gasteiger partial charge in [-0.05, 0) is 61.3 Å². The molecule has 7 heteroatoms. The lowest BCUT2D eigenvalue weighted by molar-refractivity contribution is -0.128. The van der Waals surface area contributed by atoms with E-state index in [0.717, 1.165) is 31.5 Å². The number of amides is 2. The Morgan fingerprint density at radius 1 is 1.25 bits per heavy atom. The third-order valence-electron chi connectivity index (χ3n) is 4.39. The highest BCUT2D eigenvalue weighted by Crippen LogP contribution is 2.28. The number of benzene rings is 1. The van der Waals surface area contributed by atoms with Gasteiger partial charge in [0.15, 0.2) is 5.11 Å². The molecule has 2 amide bonds. The number of aryl methyl sites for hydroxylation is 1. The summed E-state index contributed by atoms with van der Waals surface area (Å²) in [5.41, 5.74) is 1.84. The summed E-state index contributed by atoms with van der Waals surface area (Å²) in [6, 6.07) is 3.15. The van der Waals surface area contributed by atoms with Gasteiger partial charge in [0.2, 0.25) is 0 Å². The van der Waals surface area contributed by atoms with Gasteiger partial charge in [0, 0.05) is 20.1 Å². The number of carbonyl (C=O) groups excluding carboxylic acids is 2. The lowest BCUT2D eigenvalue weighted by atomic mass is 10.0. The summed E-state index contributed by atoms with van der Waals surface area (Å²) in [6.45, 7) is 3.53. The second-order valence-corrected chi connectivity index (χ2v) is 6.42. The molecule has 2 heterocycles. The molecule has 126 valence electrons. The van der Waals surface area contributed by atoms with Crippen LogP contribution >= 0.6 is 12.2 Å². The summed E-state index contributed by atoms with van der Waals surface area (Å²) < 4.78 is 14.5. The molecule has 1 N–H and O–H groups in total. The average Bonchev–Trinajstić information content (AvgIpc) is 3.06. The fourth-order valence-corrected chi connectivity index (χ4v) is 3.11. The molecular weight excluding hydrogens is 329 g/mol. The van der Waals surface area contributed by atoms with Crippen molar-refractivity contribution >= 4 is 40.9 Å². The molecular formula is C17H18FN3O2S. The lowest BCUT2D eigenvalue weighted by Crippen LogP contribution is -2.52. The van der Waals surface area contributed by atoms with Gasteiger partial charge in [0.1, 0.15) is 11.4 Å². The van der Waals surface area contributed by atoms with Crippen molar-refractivity contribution in [2.75, 3.05) is 25.0 Å². The number of carbonyl (C=O) groups is 2. The molecule has 0 aliphatic carbocycles. The molecule has 0 unspecified atom stereocenters. The maximum atomic E-state index is 14.5. The van der Waals surface area contributed by atoms with Crippen molar-refractivity contribution in [3.05, 3.63) is 34.6 Å². The molecule has 0 aromatic heterocycles. The maximum absolute atomic E-state index is 14.5. The number of anilines is 1. The van der Waals surface area contributed by atoms with Crippen molar-refractivity contribution in [3.8, 4) is 0 Å². The van der Waals surface area contributed by atoms with Crippen molar-refractivity contribution in [1.29, 1.82) is 0 Å². The Balaban J connectivity index is 1.97. The molecule has 2 aliphatic rings. The third-order valence-corrected chi connectivity index (χ3v) is 4.76. The van der Waals surface area contributed by atoms with Crippen molar-refractivity contribution in [3.63, 3.8) is 0 Å². The van der Waals surface area contributed by atoms with E-state index in [9.17, 15) is 14.0 Å². The summed E-state index contributed by atoms with van der Waals surface area (Å²) >= 11 is 4.91. The van der Waals surface area contributed by atoms with Gasteiger partial charge in [0.25, 0.3) is 11.8 Å². The zero-order valence-corrected chi connectivity index (χ0v) is 14.4. The van der Waals surface area contributed by atoms with Crippen LogP contribution < -0.4 is 10.2 Å². The van der Waals surface area contributed by atoms with E-state index in [-0.39, 0.29) is 16.5 Å². The molecule has 2 aliphatic heterocycles. The number of nitrogens with one attached hydrogen (secondary N) is 1. The predicted molar refractivity (Wildman–Crippen MR) is 94.1 cm³/mol. The van der Waals surface area contributed by atoms with Crippen LogP contribution in [-0.4, -0.2) is 42.0 Å². The van der Waals surface area contributed by atoms with Crippen LogP contribution in [0.2, 0.25) is 0 Å². The van der Waals surface area contributed by atoms with E-state index in [1.54, 1.807) is 6.07 Å². The Morgan fingerprint density at radius 3 is 2.58 bits per heavy atom. The minimum Gasteiger partial charge on any atom is -0.369 e. The highest BCUT2D eigenvalue weighted by atomic mass is 32.1. The van der Waals surface area contributed by atoms with E-state index in [4.69, 9.17) is 12.2 Å². The first-order valence-corrected chi connectivity index (χ1v) is 8.19. The van der Waals surface area contributed by atoms with E-state index in [2.05, 4.69) is 5.32 Å². The molecule has 0 bridgehead atoms. The van der Waals surface area contributed by atoms with Gasteiger partial charge in [0.05, 0.1) is 5.69 Å². The maximum Gasteiger partial charge on any atom is 0.265 e. The van der Waals surface area contributed by atoms with Crippen LogP contribution in [0.3, 0.4) is 0 Å². The van der Waals surface area contributed by atoms with Crippen LogP contribution in [0.1, 0.15) is 24.0 Å². The van der Waals surface area contributed by atoms with Gasteiger partial charge >= 0.3 is 0 Å². The van der Waals surface area contributed by atoms with Gasteiger partial charge < -0.3 is 4.90 Å². The minimum atomic E-state index is -0.563. The number of hydrogen-bond acceptors (Lipinski definition) is 4. The Kier molecular flexibility index (Phi) is 4.36. The third kappa shape index (κ3) is 2.91. The standard InChI is InChI=1S/C17H18FN3O2S/c1-10-7-14(21-5-3-4-6-21)13(18)9-11(10)8-12-15(22)19-17(24)20(2)16(12)23/h7-9H,3-6H2,1-2H3,(H,19,22,24). The van der Waals surface area contributed by atoms with E-state index < -0.39 is 11.8 Å². The molecule has 2 fully saturated rings. The van der Waals surface area contributed by atoms with Gasteiger partial charge in [-0.1, -0.05) is 0 Å². The first kappa shape index (κ1) is 16.6. The summed E-state index contributed by atoms with van der Waals surface area (Å²) in [7, 11) is 1.49. The number of rotatable bonds is 2. The molecule has 2 saturated heterocycles. The number of likely N-dealkylation sites (N-methyl/N-ethyl adjacent to an activating group) is 1. The van der Waals surface area contributed by atoms with Crippen LogP contribution in [0.4, 0.5) is 10.1 Å². The monoisotopic (exact) mass is 347 g/mol. The molecule has 0 saturated carbocycles. The molecule has 5 nitrogen and oxygen atoms in total. The van der Waals surface area contributed by atoms with Crippen LogP contribution in [0.5, 0.6) is 0 Å². The zero-order valence-electron chi connectivity index (χ0n) is 13.6. The summed E-state index contributed by atoms with van der Waals surface area (Å²) in [6.07, 6.45) is 3.54. The molecule has 1 aromatic carbocycles. The normalized spacial score (nSPS) is 20.1. The van der Waals surface area contributed by atoms with Gasteiger partial charge in [-0.25, -0.2) is 4.39 Å². The minimum absolute atomic E-state index is 0.0532. The smallest absolute Gasteiger partial charge is 0.265 e. The Hall–Kier alpha value is -2.28. The largest absolute Gasteiger partial charge is 0.369 e. The second kappa shape index (κ2) is 6.32. The van der Waals surface area contributed by atoms with E-state index in [0.29, 0.717) is 11.3 Å². The highest BCUT2D eigenvalue weighted by molar-refractivity contribution is 7.80. The SMILES string of the molecule is Cc1cc(N2CCCC2)c(F)cc1C=C1C(=O)NC(=S)N(C)C1=O. The highest BCUT2D eigenvalue weighted by Gasteiger charge is 2.31. The van der Waals surface area contributed by atoms with Crippen LogP contribution in [0.15, 0.2) is 17.7 Å². The fraction of sp³-hybridized carbons (Fsp3) is 0.353. The molecule has 0 radical (unpaired) electrons. The summed E-state index contributed by atoms with van der Waals surface area (Å²) in [4.78, 5) is 27.5. The van der Waals surface area contributed by atoms with E-state index in [1.165, 1.54) is 24.1 Å². The Labute approximate surface area is 145 Å². The van der Waals surface area contributed by atoms with Gasteiger partial charge in [-0.3, -0.25) is 19.8 Å². The molecule has 0 atom stereocenters. The van der Waals surface area contributed by atoms with Crippen LogP contribution in [0, 0.1) is 12.7 Å². The zero-order chi connectivity index (χ0) is 17.4. The predicted octanol–water partition coefficient (Wildman–Crippen LogP) is 1.99. The first-order valence-electron chi connectivity index (χ1n) is 7.78. The Morgan fingerprint density at radius 2 is 1.92 bits per heavy atom. The van der Waals surface area contributed by atoms with E-state index >= 15 is 0 Å². The topological polar surface area (TPSA) is 52.7 Å². The molecule has 1 aromatic rings. The average molecular weight is 347 g/mol. The molecule has 3 rings (SSSR count). The van der Waals surface area contributed by atoms with Crippen molar-refractivity contribution in [2.24, 2.45) is 0 Å². The summed E-state index contributed by atoms with van der Waals surface area (Å²) in [5.74, 6) is -1.40. The van der Waals surface area contributed by atoms with Gasteiger partial charge in [-0.15, -0.1) is 0 Å². The van der Waals surface area contributed by atoms with Crippen molar-refractivity contribution < 1.29 is 14.0 Å². The van der Waals surface area contributed by atoms with Crippen molar-refractivity contribution in [1.82, 2.24) is 10.2 Å². The van der Waals surface area contributed by atoms with Crippen LogP contribution in [0.25, 0.3) is 6.08 Å². The summed E-state index contributed by atoms with van der Waals surface area (Å²) in [5, 5.41) is 2.51. The van der Waals surface area contributed by atoms with Crippen molar-refractivity contribution in [2.45, 2.75) is 19.8 Å². The molecule has 0 spiro atoms. The van der Waals surface area contributed by atoms with E-state index in [1.807, 2.05) is 11.8 Å². The number of halogens is 1. The lowest BCUT2D eigenvalue weighted by Gasteiger charge is -2.25. The van der Waals surface area contributed by atoms with Gasteiger partial charge in [-0.2, -0.15) is 0 Å².